The first-order chi connectivity index (χ1) is 9.20. The van der Waals surface area contributed by atoms with Crippen molar-refractivity contribution < 1.29 is 14.6 Å². The van der Waals surface area contributed by atoms with Crippen LogP contribution in [0.2, 0.25) is 0 Å². The van der Waals surface area contributed by atoms with E-state index in [0.29, 0.717) is 31.6 Å². The summed E-state index contributed by atoms with van der Waals surface area (Å²) < 4.78 is 5.21. The minimum atomic E-state index is -0.422. The number of carbonyl (C=O) groups is 1. The van der Waals surface area contributed by atoms with Gasteiger partial charge in [0.25, 0.3) is 0 Å². The van der Waals surface area contributed by atoms with E-state index in [-0.39, 0.29) is 0 Å². The van der Waals surface area contributed by atoms with Crippen LogP contribution in [0.25, 0.3) is 0 Å². The van der Waals surface area contributed by atoms with E-state index in [1.165, 1.54) is 6.42 Å². The molecule has 0 aromatic heterocycles. The average molecular weight is 270 g/mol. The molecule has 1 aliphatic heterocycles. The largest absolute Gasteiger partial charge is 0.389 e. The summed E-state index contributed by atoms with van der Waals surface area (Å²) in [6.45, 7) is 6.94. The molecule has 2 fully saturated rings. The standard InChI is InChI=1S/C14H26N2O3/c1-2-19-11-13(17)10-15-6-8-16(9-7-15)14(18)12-4-3-5-12/h12-13,17H,2-11H2,1H3/t13-/m0/s1. The molecule has 19 heavy (non-hydrogen) atoms. The summed E-state index contributed by atoms with van der Waals surface area (Å²) in [6, 6.07) is 0. The van der Waals surface area contributed by atoms with E-state index in [0.717, 1.165) is 39.0 Å². The van der Waals surface area contributed by atoms with Crippen molar-refractivity contribution in [1.29, 1.82) is 0 Å². The quantitative estimate of drug-likeness (QED) is 0.755. The van der Waals surface area contributed by atoms with Crippen LogP contribution in [0.1, 0.15) is 26.2 Å². The number of β-amino-alcohol motifs (C(OH)–C–C–N with tert-alkyl or cyclic N) is 1. The maximum absolute atomic E-state index is 12.1. The highest BCUT2D eigenvalue weighted by Crippen LogP contribution is 2.28. The Bertz CT molecular complexity index is 286. The number of ether oxygens (including phenoxy) is 1. The third kappa shape index (κ3) is 4.16. The highest BCUT2D eigenvalue weighted by molar-refractivity contribution is 5.79. The highest BCUT2D eigenvalue weighted by atomic mass is 16.5. The number of aliphatic hydroxyl groups is 1. The molecule has 1 atom stereocenters. The zero-order chi connectivity index (χ0) is 13.7. The number of hydrogen-bond acceptors (Lipinski definition) is 4. The summed E-state index contributed by atoms with van der Waals surface area (Å²) in [5.41, 5.74) is 0. The molecule has 0 aromatic carbocycles. The summed E-state index contributed by atoms with van der Waals surface area (Å²) in [4.78, 5) is 16.3. The Morgan fingerprint density at radius 1 is 1.32 bits per heavy atom. The maximum atomic E-state index is 12.1. The maximum Gasteiger partial charge on any atom is 0.225 e. The molecule has 110 valence electrons. The first kappa shape index (κ1) is 14.8. The molecular formula is C14H26N2O3. The molecule has 0 bridgehead atoms. The molecule has 0 spiro atoms. The molecule has 1 saturated heterocycles. The molecule has 2 rings (SSSR count). The van der Waals surface area contributed by atoms with Gasteiger partial charge in [0.05, 0.1) is 12.7 Å². The summed E-state index contributed by atoms with van der Waals surface area (Å²) in [7, 11) is 0. The summed E-state index contributed by atoms with van der Waals surface area (Å²) >= 11 is 0. The lowest BCUT2D eigenvalue weighted by molar-refractivity contribution is -0.140. The lowest BCUT2D eigenvalue weighted by Gasteiger charge is -2.38. The van der Waals surface area contributed by atoms with Gasteiger partial charge in [-0.2, -0.15) is 0 Å². The second kappa shape index (κ2) is 7.22. The van der Waals surface area contributed by atoms with Crippen molar-refractivity contribution in [1.82, 2.24) is 9.80 Å². The molecule has 2 aliphatic rings. The number of rotatable bonds is 6. The second-order valence-corrected chi connectivity index (χ2v) is 5.57. The smallest absolute Gasteiger partial charge is 0.225 e. The molecule has 1 aliphatic carbocycles. The van der Waals surface area contributed by atoms with Gasteiger partial charge in [0.15, 0.2) is 0 Å². The van der Waals surface area contributed by atoms with Crippen LogP contribution in [0.3, 0.4) is 0 Å². The van der Waals surface area contributed by atoms with Crippen molar-refractivity contribution >= 4 is 5.91 Å². The first-order valence-electron chi connectivity index (χ1n) is 7.47. The second-order valence-electron chi connectivity index (χ2n) is 5.57. The number of carbonyl (C=O) groups excluding carboxylic acids is 1. The highest BCUT2D eigenvalue weighted by Gasteiger charge is 2.31. The molecule has 5 nitrogen and oxygen atoms in total. The SMILES string of the molecule is CCOC[C@@H](O)CN1CCN(C(=O)C2CCC2)CC1. The van der Waals surface area contributed by atoms with E-state index in [2.05, 4.69) is 4.90 Å². The predicted octanol–water partition coefficient (Wildman–Crippen LogP) is 0.328. The zero-order valence-corrected chi connectivity index (χ0v) is 11.9. The van der Waals surface area contributed by atoms with Gasteiger partial charge in [-0.25, -0.2) is 0 Å². The molecular weight excluding hydrogens is 244 g/mol. The van der Waals surface area contributed by atoms with Gasteiger partial charge < -0.3 is 14.7 Å². The van der Waals surface area contributed by atoms with E-state index in [1.54, 1.807) is 0 Å². The molecule has 1 heterocycles. The molecule has 0 aromatic rings. The molecule has 1 N–H and O–H groups in total. The Labute approximate surface area is 115 Å². The Kier molecular flexibility index (Phi) is 5.60. The van der Waals surface area contributed by atoms with Crippen molar-refractivity contribution in [2.45, 2.75) is 32.3 Å². The van der Waals surface area contributed by atoms with Crippen LogP contribution >= 0.6 is 0 Å². The monoisotopic (exact) mass is 270 g/mol. The minimum absolute atomic E-state index is 0.301. The van der Waals surface area contributed by atoms with Crippen LogP contribution in [-0.2, 0) is 9.53 Å². The summed E-state index contributed by atoms with van der Waals surface area (Å²) in [5.74, 6) is 0.649. The van der Waals surface area contributed by atoms with Gasteiger partial charge in [0.1, 0.15) is 0 Å². The van der Waals surface area contributed by atoms with Crippen molar-refractivity contribution in [3.63, 3.8) is 0 Å². The van der Waals surface area contributed by atoms with E-state index < -0.39 is 6.10 Å². The van der Waals surface area contributed by atoms with E-state index in [1.807, 2.05) is 11.8 Å². The van der Waals surface area contributed by atoms with Crippen molar-refractivity contribution in [2.75, 3.05) is 45.9 Å². The summed E-state index contributed by atoms with van der Waals surface area (Å²) in [5, 5.41) is 9.80. The van der Waals surface area contributed by atoms with E-state index >= 15 is 0 Å². The number of nitrogens with zero attached hydrogens (tertiary/aromatic N) is 2. The molecule has 5 heteroatoms. The minimum Gasteiger partial charge on any atom is -0.389 e. The van der Waals surface area contributed by atoms with Crippen LogP contribution in [0.4, 0.5) is 0 Å². The number of piperazine rings is 1. The Balaban J connectivity index is 1.65. The van der Waals surface area contributed by atoms with Gasteiger partial charge >= 0.3 is 0 Å². The van der Waals surface area contributed by atoms with Crippen LogP contribution in [-0.4, -0.2) is 72.9 Å². The van der Waals surface area contributed by atoms with Crippen molar-refractivity contribution in [3.8, 4) is 0 Å². The fraction of sp³-hybridized carbons (Fsp3) is 0.929. The lowest BCUT2D eigenvalue weighted by atomic mass is 9.84. The topological polar surface area (TPSA) is 53.0 Å². The first-order valence-corrected chi connectivity index (χ1v) is 7.47. The third-order valence-electron chi connectivity index (χ3n) is 4.12. The van der Waals surface area contributed by atoms with Gasteiger partial charge in [0, 0.05) is 45.2 Å². The van der Waals surface area contributed by atoms with Gasteiger partial charge in [-0.3, -0.25) is 9.69 Å². The fourth-order valence-corrected chi connectivity index (χ4v) is 2.67. The van der Waals surface area contributed by atoms with E-state index in [9.17, 15) is 9.90 Å². The van der Waals surface area contributed by atoms with Crippen LogP contribution in [0.5, 0.6) is 0 Å². The number of hydrogen-bond donors (Lipinski definition) is 1. The van der Waals surface area contributed by atoms with E-state index in [4.69, 9.17) is 4.74 Å². The van der Waals surface area contributed by atoms with Crippen LogP contribution in [0, 0.1) is 5.92 Å². The molecule has 0 radical (unpaired) electrons. The Morgan fingerprint density at radius 3 is 2.53 bits per heavy atom. The molecule has 0 unspecified atom stereocenters. The van der Waals surface area contributed by atoms with Gasteiger partial charge in [-0.05, 0) is 19.8 Å². The summed E-state index contributed by atoms with van der Waals surface area (Å²) in [6.07, 6.45) is 2.94. The van der Waals surface area contributed by atoms with Crippen molar-refractivity contribution in [2.24, 2.45) is 5.92 Å². The van der Waals surface area contributed by atoms with Crippen LogP contribution < -0.4 is 0 Å². The zero-order valence-electron chi connectivity index (χ0n) is 11.9. The van der Waals surface area contributed by atoms with Crippen molar-refractivity contribution in [3.05, 3.63) is 0 Å². The predicted molar refractivity (Wildman–Crippen MR) is 72.9 cm³/mol. The van der Waals surface area contributed by atoms with Gasteiger partial charge in [-0.1, -0.05) is 6.42 Å². The Hall–Kier alpha value is -0.650. The number of aliphatic hydroxyl groups excluding tert-OH is 1. The van der Waals surface area contributed by atoms with Gasteiger partial charge in [0.2, 0.25) is 5.91 Å². The lowest BCUT2D eigenvalue weighted by Crippen LogP contribution is -2.52. The average Bonchev–Trinajstić information content (AvgIpc) is 2.35. The number of amides is 1. The Morgan fingerprint density at radius 2 is 2.00 bits per heavy atom. The molecule has 1 amide bonds. The van der Waals surface area contributed by atoms with Crippen LogP contribution in [0.15, 0.2) is 0 Å². The fourth-order valence-electron chi connectivity index (χ4n) is 2.67. The third-order valence-corrected chi connectivity index (χ3v) is 4.12. The molecule has 1 saturated carbocycles. The normalized spacial score (nSPS) is 23.2. The van der Waals surface area contributed by atoms with Gasteiger partial charge in [-0.15, -0.1) is 0 Å².